The van der Waals surface area contributed by atoms with Crippen molar-refractivity contribution < 1.29 is 9.84 Å². The second-order valence-electron chi connectivity index (χ2n) is 5.76. The van der Waals surface area contributed by atoms with Crippen molar-refractivity contribution in [1.82, 2.24) is 4.98 Å². The molecule has 0 amide bonds. The largest absolute Gasteiger partial charge is 0.396 e. The summed E-state index contributed by atoms with van der Waals surface area (Å²) in [4.78, 5) is 3.51. The molecule has 1 aliphatic heterocycles. The van der Waals surface area contributed by atoms with Crippen LogP contribution in [0.4, 0.5) is 0 Å². The maximum atomic E-state index is 9.13. The molecular weight excluding hydrogens is 252 g/mol. The Morgan fingerprint density at radius 1 is 1.45 bits per heavy atom. The third-order valence-corrected chi connectivity index (χ3v) is 4.28. The van der Waals surface area contributed by atoms with E-state index in [9.17, 15) is 0 Å². The van der Waals surface area contributed by atoms with Crippen LogP contribution in [0.3, 0.4) is 0 Å². The molecule has 2 atom stereocenters. The van der Waals surface area contributed by atoms with E-state index >= 15 is 0 Å². The Bertz CT molecular complexity index is 608. The molecule has 2 aromatic rings. The normalized spacial score (nSPS) is 25.9. The van der Waals surface area contributed by atoms with Gasteiger partial charge in [0, 0.05) is 30.5 Å². The summed E-state index contributed by atoms with van der Waals surface area (Å²) in [5.41, 5.74) is 9.07. The first-order chi connectivity index (χ1) is 9.68. The molecule has 0 spiro atoms. The summed E-state index contributed by atoms with van der Waals surface area (Å²) in [7, 11) is 0. The molecule has 4 N–H and O–H groups in total. The highest BCUT2D eigenvalue weighted by Gasteiger charge is 2.39. The van der Waals surface area contributed by atoms with E-state index in [0.29, 0.717) is 6.54 Å². The lowest BCUT2D eigenvalue weighted by Gasteiger charge is -2.38. The number of hydrogen-bond acceptors (Lipinski definition) is 3. The van der Waals surface area contributed by atoms with Gasteiger partial charge in [0.1, 0.15) is 5.60 Å². The van der Waals surface area contributed by atoms with E-state index in [-0.39, 0.29) is 18.3 Å². The van der Waals surface area contributed by atoms with Crippen LogP contribution in [0.5, 0.6) is 0 Å². The summed E-state index contributed by atoms with van der Waals surface area (Å²) in [5, 5.41) is 10.4. The maximum absolute atomic E-state index is 9.13. The van der Waals surface area contributed by atoms with Gasteiger partial charge in [0.15, 0.2) is 0 Å². The van der Waals surface area contributed by atoms with E-state index < -0.39 is 0 Å². The summed E-state index contributed by atoms with van der Waals surface area (Å²) in [6, 6.07) is 8.35. The Labute approximate surface area is 118 Å². The summed E-state index contributed by atoms with van der Waals surface area (Å²) in [6.45, 7) is 2.80. The van der Waals surface area contributed by atoms with Gasteiger partial charge in [-0.3, -0.25) is 0 Å². The van der Waals surface area contributed by atoms with Crippen molar-refractivity contribution in [3.8, 4) is 0 Å². The zero-order valence-corrected chi connectivity index (χ0v) is 11.9. The first kappa shape index (κ1) is 13.6. The van der Waals surface area contributed by atoms with E-state index in [1.54, 1.807) is 0 Å². The highest BCUT2D eigenvalue weighted by Crippen LogP contribution is 2.41. The fourth-order valence-corrected chi connectivity index (χ4v) is 3.29. The molecule has 1 aromatic carbocycles. The second-order valence-corrected chi connectivity index (χ2v) is 5.76. The molecule has 1 aromatic heterocycles. The highest BCUT2D eigenvalue weighted by molar-refractivity contribution is 5.85. The summed E-state index contributed by atoms with van der Waals surface area (Å²) in [5.74, 6) is 0. The van der Waals surface area contributed by atoms with E-state index in [1.165, 1.54) is 10.9 Å². The highest BCUT2D eigenvalue weighted by atomic mass is 16.5. The minimum absolute atomic E-state index is 0.0467. The van der Waals surface area contributed by atoms with Gasteiger partial charge in [-0.15, -0.1) is 0 Å². The zero-order chi connectivity index (χ0) is 14.2. The number of ether oxygens (including phenoxy) is 1. The Morgan fingerprint density at radius 2 is 2.25 bits per heavy atom. The lowest BCUT2D eigenvalue weighted by Crippen LogP contribution is -2.41. The molecule has 4 nitrogen and oxygen atoms in total. The van der Waals surface area contributed by atoms with Crippen LogP contribution in [-0.4, -0.2) is 29.3 Å². The number of nitrogens with two attached hydrogens (primary N) is 1. The summed E-state index contributed by atoms with van der Waals surface area (Å²) < 4.78 is 6.21. The zero-order valence-electron chi connectivity index (χ0n) is 11.9. The summed E-state index contributed by atoms with van der Waals surface area (Å²) >= 11 is 0. The van der Waals surface area contributed by atoms with Crippen molar-refractivity contribution in [2.24, 2.45) is 5.73 Å². The molecule has 2 unspecified atom stereocenters. The van der Waals surface area contributed by atoms with Gasteiger partial charge in [0.2, 0.25) is 0 Å². The number of aliphatic hydroxyl groups is 1. The number of aromatic nitrogens is 1. The van der Waals surface area contributed by atoms with Crippen LogP contribution in [0.15, 0.2) is 24.3 Å². The van der Waals surface area contributed by atoms with E-state index in [4.69, 9.17) is 15.6 Å². The fraction of sp³-hybridized carbons (Fsp3) is 0.500. The molecular formula is C16H22N2O2. The molecule has 0 saturated carbocycles. The SMILES string of the molecule is CC1(CCCO)OC(CN)Cc2c1[nH]c1ccccc21. The molecule has 1 aliphatic rings. The molecule has 20 heavy (non-hydrogen) atoms. The molecule has 3 rings (SSSR count). The Balaban J connectivity index is 2.11. The van der Waals surface area contributed by atoms with Crippen LogP contribution in [0.1, 0.15) is 31.0 Å². The van der Waals surface area contributed by atoms with Crippen LogP contribution < -0.4 is 5.73 Å². The maximum Gasteiger partial charge on any atom is 0.106 e. The molecule has 2 heterocycles. The van der Waals surface area contributed by atoms with Gasteiger partial charge < -0.3 is 20.6 Å². The van der Waals surface area contributed by atoms with Gasteiger partial charge in [0.05, 0.1) is 11.8 Å². The van der Waals surface area contributed by atoms with Gasteiger partial charge in [0.25, 0.3) is 0 Å². The minimum atomic E-state index is -0.390. The number of para-hydroxylation sites is 1. The van der Waals surface area contributed by atoms with Crippen LogP contribution in [0.2, 0.25) is 0 Å². The average molecular weight is 274 g/mol. The molecule has 0 bridgehead atoms. The first-order valence-electron chi connectivity index (χ1n) is 7.27. The lowest BCUT2D eigenvalue weighted by atomic mass is 9.87. The van der Waals surface area contributed by atoms with E-state index in [1.807, 2.05) is 6.07 Å². The number of H-pyrrole nitrogens is 1. The number of fused-ring (bicyclic) bond motifs is 3. The number of rotatable bonds is 4. The standard InChI is InChI=1S/C16H22N2O2/c1-16(7-4-8-19)15-13(9-11(10-17)20-16)12-5-2-3-6-14(12)18-15/h2-3,5-6,11,18-19H,4,7-10,17H2,1H3. The van der Waals surface area contributed by atoms with Crippen molar-refractivity contribution in [1.29, 1.82) is 0 Å². The fourth-order valence-electron chi connectivity index (χ4n) is 3.29. The molecule has 0 aliphatic carbocycles. The average Bonchev–Trinajstić information content (AvgIpc) is 2.85. The predicted octanol–water partition coefficient (Wildman–Crippen LogP) is 2.06. The van der Waals surface area contributed by atoms with Crippen molar-refractivity contribution in [2.45, 2.75) is 37.9 Å². The van der Waals surface area contributed by atoms with E-state index in [0.717, 1.165) is 30.5 Å². The number of aromatic amines is 1. The van der Waals surface area contributed by atoms with Crippen molar-refractivity contribution in [3.63, 3.8) is 0 Å². The number of aliphatic hydroxyl groups excluding tert-OH is 1. The molecule has 4 heteroatoms. The van der Waals surface area contributed by atoms with Gasteiger partial charge >= 0.3 is 0 Å². The lowest BCUT2D eigenvalue weighted by molar-refractivity contribution is -0.104. The van der Waals surface area contributed by atoms with Crippen LogP contribution in [0, 0.1) is 0 Å². The Kier molecular flexibility index (Phi) is 3.54. The number of nitrogens with one attached hydrogen (secondary N) is 1. The van der Waals surface area contributed by atoms with Crippen molar-refractivity contribution in [3.05, 3.63) is 35.5 Å². The van der Waals surface area contributed by atoms with Gasteiger partial charge in [-0.05, 0) is 31.4 Å². The Hall–Kier alpha value is -1.36. The molecule has 0 saturated heterocycles. The second kappa shape index (κ2) is 5.20. The minimum Gasteiger partial charge on any atom is -0.396 e. The van der Waals surface area contributed by atoms with Crippen LogP contribution in [-0.2, 0) is 16.8 Å². The van der Waals surface area contributed by atoms with Crippen molar-refractivity contribution >= 4 is 10.9 Å². The molecule has 0 fully saturated rings. The van der Waals surface area contributed by atoms with E-state index in [2.05, 4.69) is 30.1 Å². The number of hydrogen-bond donors (Lipinski definition) is 3. The Morgan fingerprint density at radius 3 is 3.00 bits per heavy atom. The first-order valence-corrected chi connectivity index (χ1v) is 7.27. The van der Waals surface area contributed by atoms with Crippen LogP contribution in [0.25, 0.3) is 10.9 Å². The van der Waals surface area contributed by atoms with Gasteiger partial charge in [-0.2, -0.15) is 0 Å². The third-order valence-electron chi connectivity index (χ3n) is 4.28. The quantitative estimate of drug-likeness (QED) is 0.799. The summed E-state index contributed by atoms with van der Waals surface area (Å²) in [6.07, 6.45) is 2.41. The monoisotopic (exact) mass is 274 g/mol. The topological polar surface area (TPSA) is 71.3 Å². The van der Waals surface area contributed by atoms with Crippen molar-refractivity contribution in [2.75, 3.05) is 13.2 Å². The third kappa shape index (κ3) is 2.14. The van der Waals surface area contributed by atoms with Crippen LogP contribution >= 0.6 is 0 Å². The smallest absolute Gasteiger partial charge is 0.106 e. The molecule has 108 valence electrons. The number of benzene rings is 1. The molecule has 0 radical (unpaired) electrons. The predicted molar refractivity (Wildman–Crippen MR) is 79.6 cm³/mol. The van der Waals surface area contributed by atoms with Gasteiger partial charge in [-0.1, -0.05) is 18.2 Å². The van der Waals surface area contributed by atoms with Gasteiger partial charge in [-0.25, -0.2) is 0 Å².